The molecule has 1 aromatic heterocycles. The van der Waals surface area contributed by atoms with Crippen LogP contribution in [0.2, 0.25) is 0 Å². The van der Waals surface area contributed by atoms with Crippen LogP contribution in [0.5, 0.6) is 0 Å². The Labute approximate surface area is 175 Å². The van der Waals surface area contributed by atoms with E-state index in [4.69, 9.17) is 0 Å². The molecule has 2 amide bonds. The maximum Gasteiger partial charge on any atom is 0.252 e. The normalized spacial score (nSPS) is 11.8. The van der Waals surface area contributed by atoms with Gasteiger partial charge >= 0.3 is 0 Å². The molecule has 0 aliphatic carbocycles. The second kappa shape index (κ2) is 8.66. The molecule has 0 aliphatic heterocycles. The number of aromatic nitrogens is 1. The molecule has 3 aromatic carbocycles. The lowest BCUT2D eigenvalue weighted by molar-refractivity contribution is -0.118. The summed E-state index contributed by atoms with van der Waals surface area (Å²) in [6.07, 6.45) is 2.23. The van der Waals surface area contributed by atoms with Crippen LogP contribution in [0.25, 0.3) is 10.9 Å². The third-order valence-corrected chi connectivity index (χ3v) is 5.14. The van der Waals surface area contributed by atoms with Gasteiger partial charge in [-0.3, -0.25) is 9.59 Å². The first kappa shape index (κ1) is 19.5. The van der Waals surface area contributed by atoms with E-state index in [-0.39, 0.29) is 11.8 Å². The molecule has 5 heteroatoms. The van der Waals surface area contributed by atoms with Crippen LogP contribution in [-0.2, 0) is 11.2 Å². The number of amides is 2. The summed E-state index contributed by atoms with van der Waals surface area (Å²) in [5, 5.41) is 6.91. The third-order valence-electron chi connectivity index (χ3n) is 5.14. The largest absolute Gasteiger partial charge is 0.359 e. The Kier molecular flexibility index (Phi) is 5.61. The molecule has 0 saturated carbocycles. The zero-order chi connectivity index (χ0) is 20.9. The number of hydrogen-bond acceptors (Lipinski definition) is 2. The van der Waals surface area contributed by atoms with Gasteiger partial charge in [0.2, 0.25) is 5.91 Å². The number of rotatable bonds is 6. The summed E-state index contributed by atoms with van der Waals surface area (Å²) in [6.45, 7) is 1.88. The number of fused-ring (bicyclic) bond motifs is 1. The van der Waals surface area contributed by atoms with Crippen molar-refractivity contribution in [3.63, 3.8) is 0 Å². The first-order chi connectivity index (χ1) is 14.6. The van der Waals surface area contributed by atoms with E-state index in [2.05, 4.69) is 15.6 Å². The van der Waals surface area contributed by atoms with Gasteiger partial charge in [-0.1, -0.05) is 60.7 Å². The Bertz CT molecular complexity index is 1180. The van der Waals surface area contributed by atoms with Gasteiger partial charge in [0, 0.05) is 23.6 Å². The van der Waals surface area contributed by atoms with Crippen molar-refractivity contribution in [1.29, 1.82) is 0 Å². The fourth-order valence-corrected chi connectivity index (χ4v) is 3.53. The number of aryl methyl sites for hydroxylation is 1. The average Bonchev–Trinajstić information content (AvgIpc) is 3.24. The monoisotopic (exact) mass is 397 g/mol. The molecule has 0 aliphatic rings. The van der Waals surface area contributed by atoms with E-state index in [1.807, 2.05) is 85.9 Å². The standard InChI is InChI=1S/C25H23N3O2/c1-17-8-5-6-12-20(17)24(29)28-22(16-18-9-3-2-4-10-18)25(30)27-21-13-7-11-19-14-15-26-23(19)21/h2-15,22,26H,16H2,1H3,(H,27,30)(H,28,29). The number of benzene rings is 3. The second-order valence-electron chi connectivity index (χ2n) is 7.27. The molecule has 4 rings (SSSR count). The number of hydrogen-bond donors (Lipinski definition) is 3. The molecule has 0 spiro atoms. The van der Waals surface area contributed by atoms with E-state index in [1.54, 1.807) is 6.07 Å². The van der Waals surface area contributed by atoms with Crippen LogP contribution in [0, 0.1) is 6.92 Å². The highest BCUT2D eigenvalue weighted by Gasteiger charge is 2.23. The first-order valence-corrected chi connectivity index (χ1v) is 9.89. The Hall–Kier alpha value is -3.86. The average molecular weight is 397 g/mol. The Balaban J connectivity index is 1.59. The number of carbonyl (C=O) groups excluding carboxylic acids is 2. The summed E-state index contributed by atoms with van der Waals surface area (Å²) in [6, 6.07) is 24.0. The minimum absolute atomic E-state index is 0.261. The predicted molar refractivity (Wildman–Crippen MR) is 120 cm³/mol. The topological polar surface area (TPSA) is 74.0 Å². The van der Waals surface area contributed by atoms with Crippen LogP contribution >= 0.6 is 0 Å². The van der Waals surface area contributed by atoms with Crippen LogP contribution in [0.15, 0.2) is 85.1 Å². The van der Waals surface area contributed by atoms with Gasteiger partial charge in [0.25, 0.3) is 5.91 Å². The minimum Gasteiger partial charge on any atom is -0.359 e. The number of carbonyl (C=O) groups is 2. The Morgan fingerprint density at radius 2 is 1.67 bits per heavy atom. The maximum absolute atomic E-state index is 13.2. The number of para-hydroxylation sites is 1. The highest BCUT2D eigenvalue weighted by atomic mass is 16.2. The van der Waals surface area contributed by atoms with Crippen molar-refractivity contribution in [2.75, 3.05) is 5.32 Å². The molecule has 4 aromatic rings. The summed E-state index contributed by atoms with van der Waals surface area (Å²) >= 11 is 0. The third kappa shape index (κ3) is 4.25. The molecule has 1 unspecified atom stereocenters. The van der Waals surface area contributed by atoms with Gasteiger partial charge in [0.15, 0.2) is 0 Å². The van der Waals surface area contributed by atoms with Gasteiger partial charge in [0.1, 0.15) is 6.04 Å². The van der Waals surface area contributed by atoms with Gasteiger partial charge in [-0.15, -0.1) is 0 Å². The molecule has 30 heavy (non-hydrogen) atoms. The molecule has 0 radical (unpaired) electrons. The fourth-order valence-electron chi connectivity index (χ4n) is 3.53. The quantitative estimate of drug-likeness (QED) is 0.449. The minimum atomic E-state index is -0.718. The summed E-state index contributed by atoms with van der Waals surface area (Å²) in [5.74, 6) is -0.523. The lowest BCUT2D eigenvalue weighted by atomic mass is 10.0. The van der Waals surface area contributed by atoms with Crippen molar-refractivity contribution < 1.29 is 9.59 Å². The number of aromatic amines is 1. The molecule has 1 heterocycles. The highest BCUT2D eigenvalue weighted by molar-refractivity contribution is 6.05. The smallest absolute Gasteiger partial charge is 0.252 e. The Morgan fingerprint density at radius 3 is 2.47 bits per heavy atom. The highest BCUT2D eigenvalue weighted by Crippen LogP contribution is 2.22. The molecule has 0 fully saturated rings. The number of anilines is 1. The van der Waals surface area contributed by atoms with Crippen LogP contribution < -0.4 is 10.6 Å². The molecule has 0 saturated heterocycles. The fraction of sp³-hybridized carbons (Fsp3) is 0.120. The lowest BCUT2D eigenvalue weighted by Gasteiger charge is -2.19. The zero-order valence-corrected chi connectivity index (χ0v) is 16.7. The van der Waals surface area contributed by atoms with Crippen LogP contribution in [0.4, 0.5) is 5.69 Å². The molecule has 5 nitrogen and oxygen atoms in total. The van der Waals surface area contributed by atoms with E-state index in [0.29, 0.717) is 17.7 Å². The van der Waals surface area contributed by atoms with Crippen LogP contribution in [0.3, 0.4) is 0 Å². The summed E-state index contributed by atoms with van der Waals surface area (Å²) in [4.78, 5) is 29.2. The van der Waals surface area contributed by atoms with Crippen molar-refractivity contribution in [1.82, 2.24) is 10.3 Å². The van der Waals surface area contributed by atoms with E-state index in [0.717, 1.165) is 22.0 Å². The first-order valence-electron chi connectivity index (χ1n) is 9.89. The van der Waals surface area contributed by atoms with Crippen molar-refractivity contribution >= 4 is 28.4 Å². The molecule has 150 valence electrons. The van der Waals surface area contributed by atoms with Gasteiger partial charge in [0.05, 0.1) is 11.2 Å². The molecule has 3 N–H and O–H groups in total. The molecular formula is C25H23N3O2. The predicted octanol–water partition coefficient (Wildman–Crippen LogP) is 4.46. The van der Waals surface area contributed by atoms with E-state index >= 15 is 0 Å². The van der Waals surface area contributed by atoms with E-state index < -0.39 is 6.04 Å². The van der Waals surface area contributed by atoms with Crippen molar-refractivity contribution in [3.8, 4) is 0 Å². The summed E-state index contributed by atoms with van der Waals surface area (Å²) in [5.41, 5.74) is 3.95. The van der Waals surface area contributed by atoms with Crippen molar-refractivity contribution in [3.05, 3.63) is 102 Å². The maximum atomic E-state index is 13.2. The van der Waals surface area contributed by atoms with Gasteiger partial charge in [-0.05, 0) is 36.2 Å². The zero-order valence-electron chi connectivity index (χ0n) is 16.7. The van der Waals surface area contributed by atoms with Gasteiger partial charge in [-0.25, -0.2) is 0 Å². The van der Waals surface area contributed by atoms with Crippen LogP contribution in [-0.4, -0.2) is 22.8 Å². The van der Waals surface area contributed by atoms with E-state index in [1.165, 1.54) is 0 Å². The lowest BCUT2D eigenvalue weighted by Crippen LogP contribution is -2.45. The van der Waals surface area contributed by atoms with Gasteiger partial charge in [-0.2, -0.15) is 0 Å². The van der Waals surface area contributed by atoms with E-state index in [9.17, 15) is 9.59 Å². The summed E-state index contributed by atoms with van der Waals surface area (Å²) in [7, 11) is 0. The number of H-pyrrole nitrogens is 1. The van der Waals surface area contributed by atoms with Gasteiger partial charge < -0.3 is 15.6 Å². The number of nitrogens with one attached hydrogen (secondary N) is 3. The van der Waals surface area contributed by atoms with Crippen molar-refractivity contribution in [2.24, 2.45) is 0 Å². The Morgan fingerprint density at radius 1 is 0.900 bits per heavy atom. The summed E-state index contributed by atoms with van der Waals surface area (Å²) < 4.78 is 0. The molecule has 1 atom stereocenters. The molecular weight excluding hydrogens is 374 g/mol. The SMILES string of the molecule is Cc1ccccc1C(=O)NC(Cc1ccccc1)C(=O)Nc1cccc2cc[nH]c12. The second-order valence-corrected chi connectivity index (χ2v) is 7.27. The van der Waals surface area contributed by atoms with Crippen molar-refractivity contribution in [2.45, 2.75) is 19.4 Å². The molecule has 0 bridgehead atoms. The van der Waals surface area contributed by atoms with Crippen LogP contribution in [0.1, 0.15) is 21.5 Å².